The van der Waals surface area contributed by atoms with E-state index in [-0.39, 0.29) is 5.88 Å². The van der Waals surface area contributed by atoms with Crippen molar-refractivity contribution in [3.8, 4) is 5.88 Å². The van der Waals surface area contributed by atoms with Gasteiger partial charge >= 0.3 is 0 Å². The Labute approximate surface area is 145 Å². The summed E-state index contributed by atoms with van der Waals surface area (Å²) in [5.41, 5.74) is 1.22. The van der Waals surface area contributed by atoms with E-state index in [2.05, 4.69) is 25.4 Å². The molecule has 0 bridgehead atoms. The number of aromatic nitrogens is 1. The third-order valence-corrected chi connectivity index (χ3v) is 4.16. The Kier molecular flexibility index (Phi) is 5.73. The number of thiocarbonyl (C=S) groups is 1. The third kappa shape index (κ3) is 4.28. The second-order valence-electron chi connectivity index (χ2n) is 5.61. The second kappa shape index (κ2) is 8.18. The van der Waals surface area contributed by atoms with E-state index in [4.69, 9.17) is 17.0 Å². The van der Waals surface area contributed by atoms with E-state index in [1.165, 1.54) is 0 Å². The zero-order valence-corrected chi connectivity index (χ0v) is 14.2. The number of H-pyrrole nitrogens is 1. The fourth-order valence-corrected chi connectivity index (χ4v) is 2.81. The molecule has 128 valence electrons. The quantitative estimate of drug-likeness (QED) is 0.440. The summed E-state index contributed by atoms with van der Waals surface area (Å²) in [6, 6.07) is 7.52. The van der Waals surface area contributed by atoms with Crippen molar-refractivity contribution < 1.29 is 9.84 Å². The van der Waals surface area contributed by atoms with E-state index in [1.807, 2.05) is 24.3 Å². The van der Waals surface area contributed by atoms with E-state index in [0.717, 1.165) is 56.7 Å². The predicted molar refractivity (Wildman–Crippen MR) is 97.0 cm³/mol. The molecular formula is C16H21N5O2S. The standard InChI is InChI=1S/C16H21N5O2S/c22-15-14(12-4-1-2-5-13(12)18-15)19-20-16(24)17-6-3-7-21-8-10-23-11-9-21/h1-2,4-5,18,22H,3,6-11H2,(H,17,24). The molecule has 8 heteroatoms. The number of rotatable bonds is 5. The van der Waals surface area contributed by atoms with Gasteiger partial charge < -0.3 is 20.1 Å². The summed E-state index contributed by atoms with van der Waals surface area (Å²) in [5, 5.41) is 22.2. The highest BCUT2D eigenvalue weighted by atomic mass is 32.1. The number of para-hydroxylation sites is 1. The Morgan fingerprint density at radius 3 is 2.96 bits per heavy atom. The Hall–Kier alpha value is -2.03. The molecule has 0 amide bonds. The largest absolute Gasteiger partial charge is 0.493 e. The van der Waals surface area contributed by atoms with Crippen molar-refractivity contribution in [1.82, 2.24) is 15.2 Å². The van der Waals surface area contributed by atoms with Gasteiger partial charge in [-0.25, -0.2) is 0 Å². The highest BCUT2D eigenvalue weighted by Crippen LogP contribution is 2.35. The van der Waals surface area contributed by atoms with Crippen LogP contribution in [0.2, 0.25) is 0 Å². The molecule has 24 heavy (non-hydrogen) atoms. The van der Waals surface area contributed by atoms with Gasteiger partial charge in [-0.15, -0.1) is 10.2 Å². The minimum absolute atomic E-state index is 0.00457. The van der Waals surface area contributed by atoms with Gasteiger partial charge in [-0.2, -0.15) is 0 Å². The Bertz CT molecular complexity index is 724. The topological polar surface area (TPSA) is 85.2 Å². The number of azo groups is 1. The van der Waals surface area contributed by atoms with Crippen molar-refractivity contribution in [1.29, 1.82) is 0 Å². The Morgan fingerprint density at radius 2 is 2.12 bits per heavy atom. The van der Waals surface area contributed by atoms with Crippen LogP contribution >= 0.6 is 12.2 Å². The van der Waals surface area contributed by atoms with Crippen molar-refractivity contribution in [2.24, 2.45) is 10.2 Å². The van der Waals surface area contributed by atoms with Gasteiger partial charge in [0.1, 0.15) is 0 Å². The van der Waals surface area contributed by atoms with Gasteiger partial charge in [-0.05, 0) is 31.2 Å². The summed E-state index contributed by atoms with van der Waals surface area (Å²) in [4.78, 5) is 5.24. The number of ether oxygens (including phenoxy) is 1. The molecule has 0 radical (unpaired) electrons. The SMILES string of the molecule is Oc1[nH]c2ccccc2c1N=NC(=S)NCCCN1CCOCC1. The minimum Gasteiger partial charge on any atom is -0.493 e. The Balaban J connectivity index is 1.47. The summed E-state index contributed by atoms with van der Waals surface area (Å²) >= 11 is 5.17. The molecule has 1 fully saturated rings. The van der Waals surface area contributed by atoms with Crippen LogP contribution in [0.15, 0.2) is 34.5 Å². The van der Waals surface area contributed by atoms with Crippen molar-refractivity contribution in [2.75, 3.05) is 39.4 Å². The van der Waals surface area contributed by atoms with Gasteiger partial charge in [0.2, 0.25) is 11.0 Å². The van der Waals surface area contributed by atoms with Crippen LogP contribution in [0.4, 0.5) is 5.69 Å². The van der Waals surface area contributed by atoms with Crippen molar-refractivity contribution in [3.63, 3.8) is 0 Å². The number of benzene rings is 1. The average molecular weight is 347 g/mol. The molecule has 0 spiro atoms. The van der Waals surface area contributed by atoms with Crippen molar-refractivity contribution in [2.45, 2.75) is 6.42 Å². The maximum atomic E-state index is 9.92. The smallest absolute Gasteiger partial charge is 0.218 e. The first-order chi connectivity index (χ1) is 11.7. The van der Waals surface area contributed by atoms with Crippen molar-refractivity contribution in [3.05, 3.63) is 24.3 Å². The van der Waals surface area contributed by atoms with Gasteiger partial charge in [0.15, 0.2) is 5.69 Å². The lowest BCUT2D eigenvalue weighted by Gasteiger charge is -2.26. The number of morpholine rings is 1. The van der Waals surface area contributed by atoms with Gasteiger partial charge in [0.05, 0.1) is 18.7 Å². The average Bonchev–Trinajstić information content (AvgIpc) is 2.93. The first-order valence-electron chi connectivity index (χ1n) is 8.03. The summed E-state index contributed by atoms with van der Waals surface area (Å²) in [5.74, 6) is -0.00457. The first-order valence-corrected chi connectivity index (χ1v) is 8.44. The zero-order chi connectivity index (χ0) is 16.8. The summed E-state index contributed by atoms with van der Waals surface area (Å²) < 4.78 is 5.32. The molecule has 2 aromatic rings. The number of nitrogens with one attached hydrogen (secondary N) is 2. The van der Waals surface area contributed by atoms with E-state index < -0.39 is 0 Å². The number of hydrogen-bond donors (Lipinski definition) is 3. The van der Waals surface area contributed by atoms with E-state index >= 15 is 0 Å². The van der Waals surface area contributed by atoms with Crippen LogP contribution in [0.1, 0.15) is 6.42 Å². The van der Waals surface area contributed by atoms with Gasteiger partial charge in [-0.1, -0.05) is 18.2 Å². The fourth-order valence-electron chi connectivity index (χ4n) is 2.67. The van der Waals surface area contributed by atoms with Gasteiger partial charge in [0.25, 0.3) is 0 Å². The summed E-state index contributed by atoms with van der Waals surface area (Å²) in [6.45, 7) is 5.37. The molecule has 1 aromatic carbocycles. The number of aromatic amines is 1. The predicted octanol–water partition coefficient (Wildman–Crippen LogP) is 2.55. The Morgan fingerprint density at radius 1 is 1.33 bits per heavy atom. The lowest BCUT2D eigenvalue weighted by molar-refractivity contribution is 0.0376. The van der Waals surface area contributed by atoms with Crippen LogP contribution in [0.25, 0.3) is 10.9 Å². The third-order valence-electron chi connectivity index (χ3n) is 3.93. The van der Waals surface area contributed by atoms with Crippen LogP contribution in [0, 0.1) is 0 Å². The number of hydrogen-bond acceptors (Lipinski definition) is 5. The summed E-state index contributed by atoms with van der Waals surface area (Å²) in [7, 11) is 0. The zero-order valence-electron chi connectivity index (χ0n) is 13.4. The molecule has 0 unspecified atom stereocenters. The highest BCUT2D eigenvalue weighted by molar-refractivity contribution is 7.80. The number of nitrogens with zero attached hydrogens (tertiary/aromatic N) is 3. The second-order valence-corrected chi connectivity index (χ2v) is 5.99. The first kappa shape index (κ1) is 16.8. The molecule has 1 saturated heterocycles. The molecule has 3 rings (SSSR count). The highest BCUT2D eigenvalue weighted by Gasteiger charge is 2.10. The van der Waals surface area contributed by atoms with Crippen LogP contribution in [0.5, 0.6) is 5.88 Å². The van der Waals surface area contributed by atoms with Crippen molar-refractivity contribution >= 4 is 33.9 Å². The van der Waals surface area contributed by atoms with Crippen LogP contribution in [0.3, 0.4) is 0 Å². The maximum absolute atomic E-state index is 9.92. The monoisotopic (exact) mass is 347 g/mol. The number of fused-ring (bicyclic) bond motifs is 1. The molecule has 7 nitrogen and oxygen atoms in total. The molecule has 0 atom stereocenters. The molecular weight excluding hydrogens is 326 g/mol. The molecule has 1 aromatic heterocycles. The molecule has 1 aliphatic rings. The lowest BCUT2D eigenvalue weighted by Crippen LogP contribution is -2.37. The molecule has 3 N–H and O–H groups in total. The molecule has 1 aliphatic heterocycles. The minimum atomic E-state index is -0.00457. The summed E-state index contributed by atoms with van der Waals surface area (Å²) in [6.07, 6.45) is 0.980. The van der Waals surface area contributed by atoms with E-state index in [1.54, 1.807) is 0 Å². The molecule has 2 heterocycles. The van der Waals surface area contributed by atoms with E-state index in [0.29, 0.717) is 10.8 Å². The lowest BCUT2D eigenvalue weighted by atomic mass is 10.2. The van der Waals surface area contributed by atoms with Crippen LogP contribution in [-0.2, 0) is 4.74 Å². The van der Waals surface area contributed by atoms with E-state index in [9.17, 15) is 5.11 Å². The van der Waals surface area contributed by atoms with Crippen LogP contribution < -0.4 is 5.32 Å². The molecule has 0 saturated carbocycles. The van der Waals surface area contributed by atoms with Gasteiger partial charge in [0, 0.05) is 25.0 Å². The van der Waals surface area contributed by atoms with Crippen LogP contribution in [-0.4, -0.2) is 59.5 Å². The maximum Gasteiger partial charge on any atom is 0.218 e. The fraction of sp³-hybridized carbons (Fsp3) is 0.438. The van der Waals surface area contributed by atoms with Gasteiger partial charge in [-0.3, -0.25) is 4.90 Å². The number of aromatic hydroxyl groups is 1. The normalized spacial score (nSPS) is 16.0. The molecule has 0 aliphatic carbocycles.